The number of hydrogen-bond donors (Lipinski definition) is 0. The van der Waals surface area contributed by atoms with Crippen LogP contribution in [-0.4, -0.2) is 12.2 Å². The van der Waals surface area contributed by atoms with Gasteiger partial charge in [0.15, 0.2) is 11.6 Å². The van der Waals surface area contributed by atoms with Crippen molar-refractivity contribution < 1.29 is 58.1 Å². The van der Waals surface area contributed by atoms with Gasteiger partial charge in [0.25, 0.3) is 0 Å². The monoisotopic (exact) mass is 628 g/mol. The normalized spacial score (nSPS) is 23.1. The van der Waals surface area contributed by atoms with E-state index in [1.54, 1.807) is 0 Å². The Morgan fingerprint density at radius 2 is 1.40 bits per heavy atom. The second-order valence-corrected chi connectivity index (χ2v) is 11.0. The molecule has 0 radical (unpaired) electrons. The number of benzene rings is 2. The molecule has 0 N–H and O–H groups in total. The Kier molecular flexibility index (Phi) is 10.2. The van der Waals surface area contributed by atoms with Crippen LogP contribution in [0.5, 0.6) is 11.5 Å². The van der Waals surface area contributed by atoms with E-state index in [0.29, 0.717) is 37.2 Å². The van der Waals surface area contributed by atoms with Crippen molar-refractivity contribution >= 4 is 0 Å². The first kappa shape index (κ1) is 32.9. The lowest BCUT2D eigenvalue weighted by atomic mass is 9.80. The van der Waals surface area contributed by atoms with Gasteiger partial charge in [0, 0.05) is 12.1 Å². The molecular formula is C30H30F10O3. The van der Waals surface area contributed by atoms with Crippen molar-refractivity contribution in [3.05, 3.63) is 71.0 Å². The molecule has 2 fully saturated rings. The smallest absolute Gasteiger partial charge is 0.429 e. The van der Waals surface area contributed by atoms with Crippen LogP contribution in [0.15, 0.2) is 42.4 Å². The van der Waals surface area contributed by atoms with E-state index in [-0.39, 0.29) is 30.9 Å². The summed E-state index contributed by atoms with van der Waals surface area (Å²) in [5.74, 6) is -8.51. The molecule has 2 aromatic carbocycles. The van der Waals surface area contributed by atoms with E-state index in [4.69, 9.17) is 4.74 Å². The summed E-state index contributed by atoms with van der Waals surface area (Å²) in [4.78, 5) is 0. The van der Waals surface area contributed by atoms with Gasteiger partial charge in [-0.3, -0.25) is 0 Å². The second-order valence-electron chi connectivity index (χ2n) is 11.0. The van der Waals surface area contributed by atoms with Gasteiger partial charge in [-0.1, -0.05) is 19.4 Å². The van der Waals surface area contributed by atoms with Crippen LogP contribution in [0.3, 0.4) is 0 Å². The molecule has 3 nitrogen and oxygen atoms in total. The summed E-state index contributed by atoms with van der Waals surface area (Å²) < 4.78 is 153. The topological polar surface area (TPSA) is 27.7 Å². The largest absolute Gasteiger partial charge is 0.429 e. The first-order valence-corrected chi connectivity index (χ1v) is 14.0. The van der Waals surface area contributed by atoms with Crippen LogP contribution >= 0.6 is 0 Å². The fraction of sp³-hybridized carbons (Fsp3) is 0.533. The minimum absolute atomic E-state index is 0.127. The Bertz CT molecular complexity index is 1270. The Labute approximate surface area is 241 Å². The molecule has 43 heavy (non-hydrogen) atoms. The number of rotatable bonds is 10. The quantitative estimate of drug-likeness (QED) is 0.194. The van der Waals surface area contributed by atoms with Gasteiger partial charge >= 0.3 is 24.3 Å². The number of alkyl halides is 4. The molecule has 2 saturated carbocycles. The van der Waals surface area contributed by atoms with E-state index in [0.717, 1.165) is 31.4 Å². The molecule has 0 unspecified atom stereocenters. The fourth-order valence-corrected chi connectivity index (χ4v) is 5.78. The average Bonchev–Trinajstić information content (AvgIpc) is 2.94. The maximum Gasteiger partial charge on any atom is 0.429 e. The summed E-state index contributed by atoms with van der Waals surface area (Å²) in [6.45, 7) is 2.05. The molecular weight excluding hydrogens is 598 g/mol. The minimum Gasteiger partial charge on any atom is -0.429 e. The molecule has 0 spiro atoms. The van der Waals surface area contributed by atoms with Gasteiger partial charge < -0.3 is 14.2 Å². The van der Waals surface area contributed by atoms with Gasteiger partial charge in [0.05, 0.1) is 17.6 Å². The summed E-state index contributed by atoms with van der Waals surface area (Å²) in [5.41, 5.74) is -0.908. The van der Waals surface area contributed by atoms with Crippen LogP contribution in [0, 0.1) is 29.3 Å². The first-order valence-electron chi connectivity index (χ1n) is 14.0. The zero-order valence-electron chi connectivity index (χ0n) is 23.1. The molecule has 2 aromatic rings. The van der Waals surface area contributed by atoms with Crippen molar-refractivity contribution in [1.82, 2.24) is 0 Å². The summed E-state index contributed by atoms with van der Waals surface area (Å²) in [5, 5.41) is 0. The minimum atomic E-state index is -4.44. The Hall–Kier alpha value is -2.96. The maximum atomic E-state index is 14.8. The van der Waals surface area contributed by atoms with Crippen molar-refractivity contribution in [2.24, 2.45) is 11.8 Å². The predicted octanol–water partition coefficient (Wildman–Crippen LogP) is 10.5. The molecule has 2 aliphatic rings. The van der Waals surface area contributed by atoms with E-state index >= 15 is 0 Å². The molecule has 0 atom stereocenters. The molecule has 0 saturated heterocycles. The third kappa shape index (κ3) is 7.96. The van der Waals surface area contributed by atoms with Gasteiger partial charge in [0.2, 0.25) is 5.75 Å². The van der Waals surface area contributed by atoms with E-state index in [9.17, 15) is 43.9 Å². The highest BCUT2D eigenvalue weighted by molar-refractivity contribution is 5.37. The highest BCUT2D eigenvalue weighted by Crippen LogP contribution is 2.44. The van der Waals surface area contributed by atoms with Crippen molar-refractivity contribution in [3.63, 3.8) is 0 Å². The lowest BCUT2D eigenvalue weighted by Crippen LogP contribution is -2.38. The lowest BCUT2D eigenvalue weighted by molar-refractivity contribution is -0.301. The third-order valence-electron chi connectivity index (χ3n) is 8.23. The van der Waals surface area contributed by atoms with Crippen LogP contribution in [0.2, 0.25) is 0 Å². The average molecular weight is 629 g/mol. The zero-order valence-corrected chi connectivity index (χ0v) is 23.1. The van der Waals surface area contributed by atoms with E-state index in [2.05, 4.69) is 9.47 Å². The van der Waals surface area contributed by atoms with Crippen molar-refractivity contribution in [2.75, 3.05) is 0 Å². The molecule has 4 rings (SSSR count). The van der Waals surface area contributed by atoms with Crippen LogP contribution < -0.4 is 9.47 Å². The highest BCUT2D eigenvalue weighted by Gasteiger charge is 2.45. The van der Waals surface area contributed by atoms with Crippen LogP contribution in [0.1, 0.15) is 81.8 Å². The SMILES string of the molecule is CCC1CCC(C(F)(F)OC2CCC(c3ccc(C(F)(F)Oc4cc(F)c(OC(F)=C(F)F)c(F)c4)c(F)c3)CC2)CC1. The zero-order chi connectivity index (χ0) is 31.5. The van der Waals surface area contributed by atoms with Gasteiger partial charge in [-0.15, -0.1) is 0 Å². The van der Waals surface area contributed by atoms with Crippen molar-refractivity contribution in [1.29, 1.82) is 0 Å². The number of hydrogen-bond acceptors (Lipinski definition) is 3. The second kappa shape index (κ2) is 13.4. The maximum absolute atomic E-state index is 14.8. The number of ether oxygens (including phenoxy) is 3. The van der Waals surface area contributed by atoms with Crippen LogP contribution in [0.4, 0.5) is 43.9 Å². The van der Waals surface area contributed by atoms with E-state index < -0.39 is 70.8 Å². The Morgan fingerprint density at radius 3 is 1.93 bits per heavy atom. The summed E-state index contributed by atoms with van der Waals surface area (Å²) in [6.07, 6.45) is -6.81. The van der Waals surface area contributed by atoms with Crippen molar-refractivity contribution in [3.8, 4) is 11.5 Å². The molecule has 0 aromatic heterocycles. The van der Waals surface area contributed by atoms with Gasteiger partial charge in [0.1, 0.15) is 11.6 Å². The summed E-state index contributed by atoms with van der Waals surface area (Å²) in [7, 11) is 0. The molecule has 0 amide bonds. The molecule has 0 aliphatic heterocycles. The highest BCUT2D eigenvalue weighted by atomic mass is 19.3. The van der Waals surface area contributed by atoms with E-state index in [1.165, 1.54) is 6.07 Å². The standard InChI is InChI=1S/C30H30F10O3/c1-2-16-3-8-19(9-4-16)29(37,38)42-20-10-5-17(6-11-20)18-7-12-22(23(31)13-18)30(39,40)43-21-14-24(32)26(25(33)15-21)41-28(36)27(34)35/h7,12-17,19-20H,2-6,8-11H2,1H3. The van der Waals surface area contributed by atoms with Crippen molar-refractivity contribution in [2.45, 2.75) is 89.0 Å². The molecule has 2 aliphatic carbocycles. The first-order chi connectivity index (χ1) is 20.2. The lowest BCUT2D eigenvalue weighted by Gasteiger charge is -2.37. The third-order valence-corrected chi connectivity index (χ3v) is 8.23. The predicted molar refractivity (Wildman–Crippen MR) is 135 cm³/mol. The van der Waals surface area contributed by atoms with E-state index in [1.807, 2.05) is 6.92 Å². The molecule has 238 valence electrons. The molecule has 0 heterocycles. The van der Waals surface area contributed by atoms with Gasteiger partial charge in [-0.05, 0) is 80.9 Å². The summed E-state index contributed by atoms with van der Waals surface area (Å²) in [6, 6.07) is 0.480. The molecule has 0 bridgehead atoms. The van der Waals surface area contributed by atoms with Crippen LogP contribution in [-0.2, 0) is 10.8 Å². The number of halogens is 10. The molecule has 13 heteroatoms. The Balaban J connectivity index is 1.37. The van der Waals surface area contributed by atoms with Gasteiger partial charge in [-0.2, -0.15) is 30.7 Å². The van der Waals surface area contributed by atoms with Crippen LogP contribution in [0.25, 0.3) is 0 Å². The van der Waals surface area contributed by atoms with Gasteiger partial charge in [-0.25, -0.2) is 13.2 Å². The fourth-order valence-electron chi connectivity index (χ4n) is 5.78. The summed E-state index contributed by atoms with van der Waals surface area (Å²) >= 11 is 0. The Morgan fingerprint density at radius 1 is 0.791 bits per heavy atom.